The van der Waals surface area contributed by atoms with E-state index in [1.54, 1.807) is 18.2 Å². The Labute approximate surface area is 170 Å². The van der Waals surface area contributed by atoms with Gasteiger partial charge in [0.1, 0.15) is 11.5 Å². The van der Waals surface area contributed by atoms with E-state index in [-0.39, 0.29) is 6.61 Å². The lowest BCUT2D eigenvalue weighted by molar-refractivity contribution is -0.123. The number of nitrogens with one attached hydrogen (secondary N) is 1. The predicted octanol–water partition coefficient (Wildman–Crippen LogP) is 5.07. The summed E-state index contributed by atoms with van der Waals surface area (Å²) in [6.45, 7) is 2.40. The molecule has 138 valence electrons. The molecule has 0 saturated carbocycles. The van der Waals surface area contributed by atoms with E-state index in [0.29, 0.717) is 28.2 Å². The summed E-state index contributed by atoms with van der Waals surface area (Å²) in [4.78, 5) is 11.8. The fourth-order valence-corrected chi connectivity index (χ4v) is 2.75. The van der Waals surface area contributed by atoms with Crippen molar-refractivity contribution in [1.82, 2.24) is 5.43 Å². The first-order valence-corrected chi connectivity index (χ1v) is 9.36. The molecule has 8 heteroatoms. The van der Waals surface area contributed by atoms with Gasteiger partial charge in [0.25, 0.3) is 5.91 Å². The molecular weight excluding hydrogens is 443 g/mol. The molecule has 5 nitrogen and oxygen atoms in total. The van der Waals surface area contributed by atoms with Crippen LogP contribution in [0.1, 0.15) is 18.9 Å². The number of benzene rings is 2. The smallest absolute Gasteiger partial charge is 0.277 e. The van der Waals surface area contributed by atoms with Gasteiger partial charge < -0.3 is 9.47 Å². The molecule has 0 heterocycles. The fraction of sp³-hybridized carbons (Fsp3) is 0.222. The molecule has 0 saturated heterocycles. The van der Waals surface area contributed by atoms with Crippen molar-refractivity contribution >= 4 is 51.3 Å². The minimum absolute atomic E-state index is 0.226. The number of hydrogen-bond donors (Lipinski definition) is 1. The molecule has 2 aromatic rings. The molecule has 0 aliphatic rings. The van der Waals surface area contributed by atoms with Crippen LogP contribution in [0.15, 0.2) is 46.0 Å². The van der Waals surface area contributed by atoms with Gasteiger partial charge >= 0.3 is 0 Å². The number of carbonyl (C=O) groups is 1. The normalized spacial score (nSPS) is 10.8. The maximum absolute atomic E-state index is 11.8. The van der Waals surface area contributed by atoms with Crippen LogP contribution < -0.4 is 14.9 Å². The van der Waals surface area contributed by atoms with Crippen LogP contribution in [0.4, 0.5) is 0 Å². The third-order valence-corrected chi connectivity index (χ3v) is 4.10. The Balaban J connectivity index is 1.91. The molecule has 0 aliphatic heterocycles. The molecular formula is C18H17BrCl2N2O3. The average Bonchev–Trinajstić information content (AvgIpc) is 2.60. The number of amides is 1. The largest absolute Gasteiger partial charge is 0.493 e. The zero-order chi connectivity index (χ0) is 18.9. The molecule has 0 aliphatic carbocycles. The summed E-state index contributed by atoms with van der Waals surface area (Å²) >= 11 is 15.2. The van der Waals surface area contributed by atoms with Crippen molar-refractivity contribution in [1.29, 1.82) is 0 Å². The van der Waals surface area contributed by atoms with Crippen molar-refractivity contribution in [3.63, 3.8) is 0 Å². The van der Waals surface area contributed by atoms with Gasteiger partial charge in [0.15, 0.2) is 6.61 Å². The van der Waals surface area contributed by atoms with Gasteiger partial charge in [-0.05, 0) is 42.8 Å². The van der Waals surface area contributed by atoms with Crippen LogP contribution >= 0.6 is 39.1 Å². The Morgan fingerprint density at radius 3 is 2.69 bits per heavy atom. The second-order valence-electron chi connectivity index (χ2n) is 5.19. The summed E-state index contributed by atoms with van der Waals surface area (Å²) in [5.41, 5.74) is 3.15. The van der Waals surface area contributed by atoms with Crippen molar-refractivity contribution in [3.05, 3.63) is 56.5 Å². The van der Waals surface area contributed by atoms with Gasteiger partial charge in [-0.2, -0.15) is 5.10 Å². The first-order chi connectivity index (χ1) is 12.5. The first-order valence-electron chi connectivity index (χ1n) is 7.81. The van der Waals surface area contributed by atoms with Crippen LogP contribution in [0.5, 0.6) is 11.5 Å². The molecule has 26 heavy (non-hydrogen) atoms. The maximum Gasteiger partial charge on any atom is 0.277 e. The predicted molar refractivity (Wildman–Crippen MR) is 108 cm³/mol. The Morgan fingerprint density at radius 2 is 1.96 bits per heavy atom. The second kappa shape index (κ2) is 10.4. The van der Waals surface area contributed by atoms with E-state index >= 15 is 0 Å². The molecule has 2 aromatic carbocycles. The van der Waals surface area contributed by atoms with E-state index in [2.05, 4.69) is 26.5 Å². The van der Waals surface area contributed by atoms with Crippen LogP contribution in [-0.2, 0) is 4.79 Å². The van der Waals surface area contributed by atoms with Crippen LogP contribution in [0.2, 0.25) is 10.0 Å². The van der Waals surface area contributed by atoms with Crippen LogP contribution in [0.3, 0.4) is 0 Å². The Bertz CT molecular complexity index is 800. The fourth-order valence-electron chi connectivity index (χ4n) is 1.91. The van der Waals surface area contributed by atoms with E-state index < -0.39 is 5.91 Å². The van der Waals surface area contributed by atoms with Gasteiger partial charge in [0.05, 0.1) is 17.8 Å². The summed E-state index contributed by atoms with van der Waals surface area (Å²) in [6.07, 6.45) is 2.41. The van der Waals surface area contributed by atoms with E-state index in [0.717, 1.165) is 16.5 Å². The van der Waals surface area contributed by atoms with E-state index in [1.165, 1.54) is 6.21 Å². The summed E-state index contributed by atoms with van der Waals surface area (Å²) < 4.78 is 11.9. The van der Waals surface area contributed by atoms with Crippen LogP contribution in [0.25, 0.3) is 0 Å². The molecule has 2 rings (SSSR count). The molecule has 0 atom stereocenters. The lowest BCUT2D eigenvalue weighted by atomic mass is 10.2. The number of nitrogens with zero attached hydrogens (tertiary/aromatic N) is 1. The van der Waals surface area contributed by atoms with Crippen LogP contribution in [0, 0.1) is 0 Å². The Hall–Kier alpha value is -1.76. The molecule has 0 spiro atoms. The zero-order valence-electron chi connectivity index (χ0n) is 14.0. The second-order valence-corrected chi connectivity index (χ2v) is 6.95. The van der Waals surface area contributed by atoms with Crippen molar-refractivity contribution in [3.8, 4) is 11.5 Å². The van der Waals surface area contributed by atoms with Gasteiger partial charge in [-0.15, -0.1) is 0 Å². The van der Waals surface area contributed by atoms with Gasteiger partial charge in [-0.25, -0.2) is 5.43 Å². The Morgan fingerprint density at radius 1 is 1.19 bits per heavy atom. The highest BCUT2D eigenvalue weighted by Gasteiger charge is 2.06. The number of hydrazone groups is 1. The third kappa shape index (κ3) is 6.52. The van der Waals surface area contributed by atoms with Gasteiger partial charge in [0, 0.05) is 15.1 Å². The lowest BCUT2D eigenvalue weighted by Gasteiger charge is -2.09. The molecule has 0 bridgehead atoms. The average molecular weight is 460 g/mol. The summed E-state index contributed by atoms with van der Waals surface area (Å²) in [5.74, 6) is 0.646. The Kier molecular flexibility index (Phi) is 8.22. The number of ether oxygens (including phenoxy) is 2. The first kappa shape index (κ1) is 20.6. The van der Waals surface area contributed by atoms with Crippen molar-refractivity contribution in [2.24, 2.45) is 5.10 Å². The molecule has 0 unspecified atom stereocenters. The summed E-state index contributed by atoms with van der Waals surface area (Å²) in [6, 6.07) is 10.3. The lowest BCUT2D eigenvalue weighted by Crippen LogP contribution is -2.24. The molecule has 0 radical (unpaired) electrons. The number of halogens is 3. The van der Waals surface area contributed by atoms with E-state index in [9.17, 15) is 4.79 Å². The van der Waals surface area contributed by atoms with E-state index in [4.69, 9.17) is 32.7 Å². The summed E-state index contributed by atoms with van der Waals surface area (Å²) in [7, 11) is 0. The van der Waals surface area contributed by atoms with Gasteiger partial charge in [-0.1, -0.05) is 46.1 Å². The highest BCUT2D eigenvalue weighted by atomic mass is 79.9. The minimum Gasteiger partial charge on any atom is -0.493 e. The topological polar surface area (TPSA) is 59.9 Å². The number of carbonyl (C=O) groups excluding carboxylic acids is 1. The van der Waals surface area contributed by atoms with E-state index in [1.807, 2.05) is 25.1 Å². The molecule has 1 N–H and O–H groups in total. The van der Waals surface area contributed by atoms with Gasteiger partial charge in [0.2, 0.25) is 0 Å². The molecule has 0 fully saturated rings. The number of hydrogen-bond acceptors (Lipinski definition) is 4. The number of rotatable bonds is 8. The monoisotopic (exact) mass is 458 g/mol. The highest BCUT2D eigenvalue weighted by Crippen LogP contribution is 2.27. The maximum atomic E-state index is 11.8. The SMILES string of the molecule is CCCOc1ccc(Br)cc1C=NNC(=O)COc1ccc(Cl)cc1Cl. The van der Waals surface area contributed by atoms with Crippen molar-refractivity contribution in [2.45, 2.75) is 13.3 Å². The molecule has 0 aromatic heterocycles. The minimum atomic E-state index is -0.418. The third-order valence-electron chi connectivity index (χ3n) is 3.08. The molecule has 1 amide bonds. The standard InChI is InChI=1S/C18H17BrCl2N2O3/c1-2-7-25-16-5-3-13(19)8-12(16)10-22-23-18(24)11-26-17-6-4-14(20)9-15(17)21/h3-6,8-10H,2,7,11H2,1H3,(H,23,24). The highest BCUT2D eigenvalue weighted by molar-refractivity contribution is 9.10. The quantitative estimate of drug-likeness (QED) is 0.442. The van der Waals surface area contributed by atoms with Crippen LogP contribution in [-0.4, -0.2) is 25.3 Å². The summed E-state index contributed by atoms with van der Waals surface area (Å²) in [5, 5.41) is 4.77. The van der Waals surface area contributed by atoms with Crippen molar-refractivity contribution < 1.29 is 14.3 Å². The van der Waals surface area contributed by atoms with Crippen molar-refractivity contribution in [2.75, 3.05) is 13.2 Å². The zero-order valence-corrected chi connectivity index (χ0v) is 17.1. The van der Waals surface area contributed by atoms with Gasteiger partial charge in [-0.3, -0.25) is 4.79 Å².